The lowest BCUT2D eigenvalue weighted by Gasteiger charge is -2.35. The first kappa shape index (κ1) is 16.5. The number of piperidine rings is 1. The molecule has 2 atom stereocenters. The van der Waals surface area contributed by atoms with Crippen LogP contribution in [-0.2, 0) is 0 Å². The molecule has 1 aromatic rings. The summed E-state index contributed by atoms with van der Waals surface area (Å²) in [6.07, 6.45) is 8.28. The van der Waals surface area contributed by atoms with Gasteiger partial charge in [-0.2, -0.15) is 0 Å². The average molecular weight is 333 g/mol. The van der Waals surface area contributed by atoms with E-state index in [1.165, 1.54) is 32.1 Å². The minimum Gasteiger partial charge on any atom is -0.360 e. The molecule has 5 heteroatoms. The Balaban J connectivity index is 1.55. The van der Waals surface area contributed by atoms with Crippen molar-refractivity contribution >= 4 is 28.8 Å². The molecule has 2 heterocycles. The summed E-state index contributed by atoms with van der Waals surface area (Å²) in [6.45, 7) is 6.86. The van der Waals surface area contributed by atoms with E-state index in [0.717, 1.165) is 36.4 Å². The van der Waals surface area contributed by atoms with Gasteiger partial charge in [0.25, 0.3) is 0 Å². The largest absolute Gasteiger partial charge is 0.360 e. The second kappa shape index (κ2) is 7.47. The highest BCUT2D eigenvalue weighted by molar-refractivity contribution is 7.80. The van der Waals surface area contributed by atoms with Crippen molar-refractivity contribution < 1.29 is 0 Å². The fourth-order valence-electron chi connectivity index (χ4n) is 3.92. The van der Waals surface area contributed by atoms with E-state index in [9.17, 15) is 0 Å². The van der Waals surface area contributed by atoms with E-state index in [-0.39, 0.29) is 0 Å². The Morgan fingerprint density at radius 1 is 1.17 bits per heavy atom. The lowest BCUT2D eigenvalue weighted by molar-refractivity contribution is 0.355. The Bertz CT molecular complexity index is 514. The first-order valence-electron chi connectivity index (χ1n) is 8.88. The summed E-state index contributed by atoms with van der Waals surface area (Å²) in [7, 11) is 0. The van der Waals surface area contributed by atoms with Gasteiger partial charge in [0.05, 0.1) is 11.9 Å². The molecule has 0 unspecified atom stereocenters. The van der Waals surface area contributed by atoms with E-state index < -0.39 is 0 Å². The number of nitrogens with one attached hydrogen (secondary N) is 2. The number of anilines is 2. The molecule has 0 bridgehead atoms. The van der Waals surface area contributed by atoms with Crippen LogP contribution in [0.4, 0.5) is 11.5 Å². The van der Waals surface area contributed by atoms with Gasteiger partial charge in [0, 0.05) is 19.1 Å². The third-order valence-electron chi connectivity index (χ3n) is 4.89. The van der Waals surface area contributed by atoms with Crippen LogP contribution in [-0.4, -0.2) is 29.2 Å². The Hall–Kier alpha value is -1.36. The van der Waals surface area contributed by atoms with E-state index in [0.29, 0.717) is 11.2 Å². The van der Waals surface area contributed by atoms with E-state index in [2.05, 4.69) is 46.5 Å². The minimum atomic E-state index is 0.540. The molecule has 2 N–H and O–H groups in total. The van der Waals surface area contributed by atoms with Crippen molar-refractivity contribution in [3.8, 4) is 0 Å². The Morgan fingerprint density at radius 2 is 1.87 bits per heavy atom. The fraction of sp³-hybridized carbons (Fsp3) is 0.667. The number of hydrogen-bond acceptors (Lipinski definition) is 3. The third-order valence-corrected chi connectivity index (χ3v) is 5.11. The lowest BCUT2D eigenvalue weighted by Crippen LogP contribution is -2.39. The summed E-state index contributed by atoms with van der Waals surface area (Å²) in [5.41, 5.74) is 0.961. The number of nitrogens with zero attached hydrogens (tertiary/aromatic N) is 2. The monoisotopic (exact) mass is 332 g/mol. The Kier molecular flexibility index (Phi) is 5.36. The standard InChI is InChI=1S/C18H28N4S/c1-13-9-14(2)12-22(11-13)17-8-7-16(10-19-17)21-18(23)20-15-5-3-4-6-15/h7-8,10,13-15H,3-6,9,11-12H2,1-2H3,(H2,20,21,23)/t13-,14+. The van der Waals surface area contributed by atoms with Crippen LogP contribution in [0.1, 0.15) is 46.0 Å². The van der Waals surface area contributed by atoms with Gasteiger partial charge in [-0.15, -0.1) is 0 Å². The van der Waals surface area contributed by atoms with E-state index >= 15 is 0 Å². The van der Waals surface area contributed by atoms with Gasteiger partial charge >= 0.3 is 0 Å². The molecule has 1 aromatic heterocycles. The second-order valence-electron chi connectivity index (χ2n) is 7.34. The van der Waals surface area contributed by atoms with Crippen LogP contribution in [0, 0.1) is 11.8 Å². The molecule has 0 spiro atoms. The molecule has 4 nitrogen and oxygen atoms in total. The molecular formula is C18H28N4S. The maximum Gasteiger partial charge on any atom is 0.171 e. The van der Waals surface area contributed by atoms with Gasteiger partial charge in [-0.1, -0.05) is 26.7 Å². The molecule has 23 heavy (non-hydrogen) atoms. The molecular weight excluding hydrogens is 304 g/mol. The third kappa shape index (κ3) is 4.56. The smallest absolute Gasteiger partial charge is 0.171 e. The molecule has 1 aliphatic heterocycles. The highest BCUT2D eigenvalue weighted by Crippen LogP contribution is 2.25. The summed E-state index contributed by atoms with van der Waals surface area (Å²) in [6, 6.07) is 4.72. The first-order valence-corrected chi connectivity index (χ1v) is 9.29. The number of aromatic nitrogens is 1. The Labute approximate surface area is 145 Å². The molecule has 1 aliphatic carbocycles. The maximum absolute atomic E-state index is 5.40. The summed E-state index contributed by atoms with van der Waals surface area (Å²) in [5, 5.41) is 7.37. The van der Waals surface area contributed by atoms with Gasteiger partial charge in [0.1, 0.15) is 5.82 Å². The Morgan fingerprint density at radius 3 is 2.48 bits per heavy atom. The van der Waals surface area contributed by atoms with Crippen LogP contribution in [0.3, 0.4) is 0 Å². The lowest BCUT2D eigenvalue weighted by atomic mass is 9.92. The van der Waals surface area contributed by atoms with Crippen molar-refractivity contribution in [2.75, 3.05) is 23.3 Å². The zero-order chi connectivity index (χ0) is 16.2. The summed E-state index contributed by atoms with van der Waals surface area (Å²) in [5.74, 6) is 2.55. The van der Waals surface area contributed by atoms with Crippen molar-refractivity contribution in [1.29, 1.82) is 0 Å². The molecule has 1 saturated carbocycles. The van der Waals surface area contributed by atoms with Crippen molar-refractivity contribution in [3.05, 3.63) is 18.3 Å². The fourth-order valence-corrected chi connectivity index (χ4v) is 4.20. The van der Waals surface area contributed by atoms with Crippen molar-refractivity contribution in [2.45, 2.75) is 52.0 Å². The van der Waals surface area contributed by atoms with Crippen molar-refractivity contribution in [1.82, 2.24) is 10.3 Å². The van der Waals surface area contributed by atoms with Gasteiger partial charge in [-0.05, 0) is 55.4 Å². The quantitative estimate of drug-likeness (QED) is 0.824. The molecule has 126 valence electrons. The van der Waals surface area contributed by atoms with Gasteiger partial charge in [0.2, 0.25) is 0 Å². The van der Waals surface area contributed by atoms with Gasteiger partial charge < -0.3 is 15.5 Å². The maximum atomic E-state index is 5.40. The first-order chi connectivity index (χ1) is 11.1. The van der Waals surface area contributed by atoms with Gasteiger partial charge in [-0.3, -0.25) is 0 Å². The summed E-state index contributed by atoms with van der Waals surface area (Å²) in [4.78, 5) is 7.03. The van der Waals surface area contributed by atoms with Crippen molar-refractivity contribution in [2.24, 2.45) is 11.8 Å². The van der Waals surface area contributed by atoms with Crippen LogP contribution < -0.4 is 15.5 Å². The molecule has 2 aliphatic rings. The predicted molar refractivity (Wildman–Crippen MR) is 101 cm³/mol. The summed E-state index contributed by atoms with van der Waals surface area (Å²) >= 11 is 5.40. The highest BCUT2D eigenvalue weighted by Gasteiger charge is 2.22. The van der Waals surface area contributed by atoms with Crippen LogP contribution >= 0.6 is 12.2 Å². The average Bonchev–Trinajstić information content (AvgIpc) is 2.99. The topological polar surface area (TPSA) is 40.2 Å². The van der Waals surface area contributed by atoms with E-state index in [1.807, 2.05) is 6.20 Å². The van der Waals surface area contributed by atoms with Crippen LogP contribution in [0.25, 0.3) is 0 Å². The van der Waals surface area contributed by atoms with E-state index in [4.69, 9.17) is 12.2 Å². The number of rotatable bonds is 3. The summed E-state index contributed by atoms with van der Waals surface area (Å²) < 4.78 is 0. The van der Waals surface area contributed by atoms with Gasteiger partial charge in [0.15, 0.2) is 5.11 Å². The SMILES string of the molecule is C[C@@H]1C[C@H](C)CN(c2ccc(NC(=S)NC3CCCC3)cn2)C1. The van der Waals surface area contributed by atoms with Crippen LogP contribution in [0.5, 0.6) is 0 Å². The number of hydrogen-bond donors (Lipinski definition) is 2. The molecule has 2 fully saturated rings. The molecule has 1 saturated heterocycles. The zero-order valence-corrected chi connectivity index (χ0v) is 15.0. The number of thiocarbonyl (C=S) groups is 1. The van der Waals surface area contributed by atoms with Crippen LogP contribution in [0.15, 0.2) is 18.3 Å². The second-order valence-corrected chi connectivity index (χ2v) is 7.74. The van der Waals surface area contributed by atoms with Gasteiger partial charge in [-0.25, -0.2) is 4.98 Å². The minimum absolute atomic E-state index is 0.540. The zero-order valence-electron chi connectivity index (χ0n) is 14.2. The highest BCUT2D eigenvalue weighted by atomic mass is 32.1. The molecule has 3 rings (SSSR count). The molecule has 0 radical (unpaired) electrons. The van der Waals surface area contributed by atoms with Crippen LogP contribution in [0.2, 0.25) is 0 Å². The van der Waals surface area contributed by atoms with E-state index in [1.54, 1.807) is 0 Å². The number of pyridine rings is 1. The molecule has 0 amide bonds. The van der Waals surface area contributed by atoms with Crippen molar-refractivity contribution in [3.63, 3.8) is 0 Å². The molecule has 0 aromatic carbocycles. The normalized spacial score (nSPS) is 25.4. The predicted octanol–water partition coefficient (Wildman–Crippen LogP) is 3.79.